The molecule has 0 saturated heterocycles. The van der Waals surface area contributed by atoms with Crippen LogP contribution < -0.4 is 0 Å². The summed E-state index contributed by atoms with van der Waals surface area (Å²) >= 11 is 0. The topological polar surface area (TPSA) is 54.8 Å². The van der Waals surface area contributed by atoms with E-state index >= 15 is 0 Å². The first-order chi connectivity index (χ1) is 20.5. The van der Waals surface area contributed by atoms with Crippen molar-refractivity contribution in [2.45, 2.75) is 39.5 Å². The Morgan fingerprint density at radius 3 is 2.02 bits per heavy atom. The Morgan fingerprint density at radius 1 is 0.690 bits per heavy atom. The van der Waals surface area contributed by atoms with E-state index < -0.39 is 0 Å². The third-order valence-electron chi connectivity index (χ3n) is 8.19. The molecule has 0 N–H and O–H groups in total. The molecule has 2 heterocycles. The molecule has 2 aromatic heterocycles. The van der Waals surface area contributed by atoms with Gasteiger partial charge in [-0.1, -0.05) is 94.4 Å². The number of hydrogen-bond donors (Lipinski definition) is 0. The fraction of sp³-hybridized carbons (Fsp3) is 0.158. The van der Waals surface area contributed by atoms with Crippen molar-refractivity contribution >= 4 is 33.0 Å². The van der Waals surface area contributed by atoms with E-state index in [1.54, 1.807) is 6.07 Å². The average molecular weight is 546 g/mol. The minimum absolute atomic E-state index is 0.273. The first kappa shape index (κ1) is 25.8. The molecule has 42 heavy (non-hydrogen) atoms. The minimum atomic E-state index is 0.273. The standard InChI is InChI=1S/C38H31N3O/c1-23(2)31-20-27(25-12-6-5-7-13-25)21-32(24(3)4)35(31)41-34-19-9-8-18-33(34)40-38(41)30-17-11-16-29-28-15-10-14-26(22-39)36(28)42-37(29)30/h5-21,23-24H,1-4H3. The molecule has 0 atom stereocenters. The zero-order valence-corrected chi connectivity index (χ0v) is 24.2. The van der Waals surface area contributed by atoms with E-state index in [1.165, 1.54) is 27.9 Å². The van der Waals surface area contributed by atoms with Crippen LogP contribution in [0.5, 0.6) is 0 Å². The van der Waals surface area contributed by atoms with E-state index in [1.807, 2.05) is 18.2 Å². The number of furan rings is 1. The van der Waals surface area contributed by atoms with Crippen molar-refractivity contribution < 1.29 is 4.42 Å². The Kier molecular flexibility index (Phi) is 6.17. The number of imidazole rings is 1. The van der Waals surface area contributed by atoms with Crippen LogP contribution in [0.3, 0.4) is 0 Å². The number of hydrogen-bond acceptors (Lipinski definition) is 3. The summed E-state index contributed by atoms with van der Waals surface area (Å²) in [4.78, 5) is 5.24. The third-order valence-corrected chi connectivity index (χ3v) is 8.19. The molecule has 7 aromatic rings. The highest BCUT2D eigenvalue weighted by Gasteiger charge is 2.25. The van der Waals surface area contributed by atoms with Gasteiger partial charge in [0.2, 0.25) is 0 Å². The maximum Gasteiger partial charge on any atom is 0.153 e. The molecule has 0 radical (unpaired) electrons. The van der Waals surface area contributed by atoms with Gasteiger partial charge < -0.3 is 4.42 Å². The lowest BCUT2D eigenvalue weighted by atomic mass is 9.88. The lowest BCUT2D eigenvalue weighted by Crippen LogP contribution is -2.09. The SMILES string of the molecule is CC(C)c1cc(-c2ccccc2)cc(C(C)C)c1-n1c(-c2cccc3c2oc2c(C#N)cccc23)nc2ccccc21. The molecule has 0 aliphatic carbocycles. The number of aromatic nitrogens is 2. The van der Waals surface area contributed by atoms with Crippen molar-refractivity contribution in [3.8, 4) is 34.3 Å². The van der Waals surface area contributed by atoms with Crippen molar-refractivity contribution in [3.05, 3.63) is 120 Å². The quantitative estimate of drug-likeness (QED) is 0.216. The normalized spacial score (nSPS) is 11.7. The van der Waals surface area contributed by atoms with Crippen LogP contribution in [0.2, 0.25) is 0 Å². The molecule has 204 valence electrons. The molecule has 0 saturated carbocycles. The Morgan fingerprint density at radius 2 is 1.33 bits per heavy atom. The van der Waals surface area contributed by atoms with Gasteiger partial charge in [-0.25, -0.2) is 4.98 Å². The first-order valence-corrected chi connectivity index (χ1v) is 14.5. The smallest absolute Gasteiger partial charge is 0.153 e. The zero-order valence-electron chi connectivity index (χ0n) is 24.2. The minimum Gasteiger partial charge on any atom is -0.454 e. The summed E-state index contributed by atoms with van der Waals surface area (Å²) in [5.41, 5.74) is 10.9. The largest absolute Gasteiger partial charge is 0.454 e. The molecule has 4 nitrogen and oxygen atoms in total. The Balaban J connectivity index is 1.60. The summed E-state index contributed by atoms with van der Waals surface area (Å²) in [6.07, 6.45) is 0. The lowest BCUT2D eigenvalue weighted by Gasteiger charge is -2.24. The monoisotopic (exact) mass is 545 g/mol. The Hall–Kier alpha value is -5.14. The number of para-hydroxylation sites is 4. The fourth-order valence-electron chi connectivity index (χ4n) is 6.13. The van der Waals surface area contributed by atoms with E-state index in [2.05, 4.69) is 117 Å². The summed E-state index contributed by atoms with van der Waals surface area (Å²) in [6, 6.07) is 37.9. The summed E-state index contributed by atoms with van der Waals surface area (Å²) < 4.78 is 8.84. The van der Waals surface area contributed by atoms with Crippen LogP contribution in [0.4, 0.5) is 0 Å². The van der Waals surface area contributed by atoms with Gasteiger partial charge >= 0.3 is 0 Å². The van der Waals surface area contributed by atoms with E-state index in [4.69, 9.17) is 9.40 Å². The highest BCUT2D eigenvalue weighted by molar-refractivity contribution is 6.10. The van der Waals surface area contributed by atoms with Crippen LogP contribution in [0.25, 0.3) is 61.2 Å². The van der Waals surface area contributed by atoms with Crippen molar-refractivity contribution in [2.24, 2.45) is 0 Å². The molecule has 5 aromatic carbocycles. The third kappa shape index (κ3) is 4.01. The molecule has 7 rings (SSSR count). The van der Waals surface area contributed by atoms with Gasteiger partial charge in [0, 0.05) is 10.8 Å². The highest BCUT2D eigenvalue weighted by atomic mass is 16.3. The van der Waals surface area contributed by atoms with Crippen LogP contribution in [0.1, 0.15) is 56.2 Å². The molecular formula is C38H31N3O. The van der Waals surface area contributed by atoms with Gasteiger partial charge in [-0.05, 0) is 70.5 Å². The Labute approximate surface area is 245 Å². The molecular weight excluding hydrogens is 514 g/mol. The van der Waals surface area contributed by atoms with Gasteiger partial charge in [-0.3, -0.25) is 4.57 Å². The van der Waals surface area contributed by atoms with Crippen LogP contribution in [-0.2, 0) is 0 Å². The number of nitriles is 1. The van der Waals surface area contributed by atoms with Crippen molar-refractivity contribution in [3.63, 3.8) is 0 Å². The van der Waals surface area contributed by atoms with Crippen molar-refractivity contribution in [1.82, 2.24) is 9.55 Å². The predicted molar refractivity (Wildman–Crippen MR) is 172 cm³/mol. The van der Waals surface area contributed by atoms with E-state index in [0.29, 0.717) is 11.1 Å². The van der Waals surface area contributed by atoms with Gasteiger partial charge in [0.05, 0.1) is 27.8 Å². The molecule has 0 aliphatic heterocycles. The summed E-state index contributed by atoms with van der Waals surface area (Å²) in [6.45, 7) is 9.06. The van der Waals surface area contributed by atoms with E-state index in [9.17, 15) is 5.26 Å². The number of benzene rings is 5. The molecule has 0 spiro atoms. The predicted octanol–water partition coefficient (Wildman–Crippen LogP) is 10.4. The van der Waals surface area contributed by atoms with Crippen LogP contribution in [0.15, 0.2) is 108 Å². The molecule has 0 aliphatic rings. The fourth-order valence-corrected chi connectivity index (χ4v) is 6.13. The van der Waals surface area contributed by atoms with Gasteiger partial charge in [-0.15, -0.1) is 0 Å². The molecule has 4 heteroatoms. The maximum atomic E-state index is 9.78. The number of fused-ring (bicyclic) bond motifs is 4. The zero-order chi connectivity index (χ0) is 29.0. The first-order valence-electron chi connectivity index (χ1n) is 14.5. The lowest BCUT2D eigenvalue weighted by molar-refractivity contribution is 0.668. The molecule has 0 bridgehead atoms. The highest BCUT2D eigenvalue weighted by Crippen LogP contribution is 2.42. The maximum absolute atomic E-state index is 9.78. The van der Waals surface area contributed by atoms with Gasteiger partial charge in [-0.2, -0.15) is 5.26 Å². The number of rotatable bonds is 5. The van der Waals surface area contributed by atoms with E-state index in [-0.39, 0.29) is 11.8 Å². The van der Waals surface area contributed by atoms with Gasteiger partial charge in [0.15, 0.2) is 5.58 Å². The van der Waals surface area contributed by atoms with Crippen molar-refractivity contribution in [2.75, 3.05) is 0 Å². The van der Waals surface area contributed by atoms with Crippen LogP contribution in [0, 0.1) is 11.3 Å². The van der Waals surface area contributed by atoms with Crippen LogP contribution >= 0.6 is 0 Å². The van der Waals surface area contributed by atoms with Crippen molar-refractivity contribution in [1.29, 1.82) is 5.26 Å². The second kappa shape index (κ2) is 10.0. The molecule has 0 amide bonds. The summed E-state index contributed by atoms with van der Waals surface area (Å²) in [5, 5.41) is 11.7. The van der Waals surface area contributed by atoms with E-state index in [0.717, 1.165) is 38.8 Å². The van der Waals surface area contributed by atoms with Crippen LogP contribution in [-0.4, -0.2) is 9.55 Å². The second-order valence-electron chi connectivity index (χ2n) is 11.5. The number of nitrogens with zero attached hydrogens (tertiary/aromatic N) is 3. The molecule has 0 unspecified atom stereocenters. The summed E-state index contributed by atoms with van der Waals surface area (Å²) in [5.74, 6) is 1.38. The molecule has 0 fully saturated rings. The van der Waals surface area contributed by atoms with Gasteiger partial charge in [0.1, 0.15) is 17.5 Å². The second-order valence-corrected chi connectivity index (χ2v) is 11.5. The van der Waals surface area contributed by atoms with Gasteiger partial charge in [0.25, 0.3) is 0 Å². The summed E-state index contributed by atoms with van der Waals surface area (Å²) in [7, 11) is 0. The Bertz CT molecular complexity index is 2130. The average Bonchev–Trinajstić information content (AvgIpc) is 3.59.